The summed E-state index contributed by atoms with van der Waals surface area (Å²) >= 11 is 1.92. The zero-order chi connectivity index (χ0) is 13.8. The highest BCUT2D eigenvalue weighted by atomic mass is 32.2. The standard InChI is InChI=1S/C17H19NOS/c1-2-11-19-16-9-5-4-8-14(16)18-15-12-20-17-10-6-3-7-13(15)17/h3-10,15,18H,2,11-12H2,1H3. The molecule has 1 aliphatic rings. The molecule has 1 heterocycles. The van der Waals surface area contributed by atoms with Gasteiger partial charge in [0.25, 0.3) is 0 Å². The molecule has 2 aromatic carbocycles. The van der Waals surface area contributed by atoms with Gasteiger partial charge in [0.05, 0.1) is 18.3 Å². The minimum atomic E-state index is 0.363. The van der Waals surface area contributed by atoms with Crippen molar-refractivity contribution in [3.63, 3.8) is 0 Å². The Morgan fingerprint density at radius 2 is 1.95 bits per heavy atom. The molecule has 1 N–H and O–H groups in total. The van der Waals surface area contributed by atoms with Gasteiger partial charge >= 0.3 is 0 Å². The fraction of sp³-hybridized carbons (Fsp3) is 0.294. The van der Waals surface area contributed by atoms with Crippen LogP contribution in [0, 0.1) is 0 Å². The van der Waals surface area contributed by atoms with Crippen molar-refractivity contribution < 1.29 is 4.74 Å². The number of ether oxygens (including phenoxy) is 1. The largest absolute Gasteiger partial charge is 0.491 e. The van der Waals surface area contributed by atoms with Gasteiger partial charge in [-0.15, -0.1) is 11.8 Å². The lowest BCUT2D eigenvalue weighted by atomic mass is 10.1. The average molecular weight is 285 g/mol. The highest BCUT2D eigenvalue weighted by Crippen LogP contribution is 2.40. The van der Waals surface area contributed by atoms with Gasteiger partial charge in [-0.2, -0.15) is 0 Å². The molecule has 0 aliphatic carbocycles. The first-order valence-corrected chi connectivity index (χ1v) is 8.07. The molecule has 1 atom stereocenters. The van der Waals surface area contributed by atoms with Crippen molar-refractivity contribution in [3.05, 3.63) is 54.1 Å². The van der Waals surface area contributed by atoms with Crippen LogP contribution in [0.25, 0.3) is 0 Å². The van der Waals surface area contributed by atoms with E-state index in [0.717, 1.165) is 30.2 Å². The molecule has 0 spiro atoms. The van der Waals surface area contributed by atoms with Crippen molar-refractivity contribution in [1.29, 1.82) is 0 Å². The van der Waals surface area contributed by atoms with Crippen molar-refractivity contribution in [2.24, 2.45) is 0 Å². The van der Waals surface area contributed by atoms with Crippen LogP contribution in [0.1, 0.15) is 24.9 Å². The summed E-state index contributed by atoms with van der Waals surface area (Å²) in [6, 6.07) is 17.2. The first kappa shape index (κ1) is 13.4. The Morgan fingerprint density at radius 1 is 1.15 bits per heavy atom. The predicted molar refractivity (Wildman–Crippen MR) is 85.8 cm³/mol. The molecule has 0 aromatic heterocycles. The molecule has 104 valence electrons. The van der Waals surface area contributed by atoms with Crippen LogP contribution in [-0.4, -0.2) is 12.4 Å². The summed E-state index contributed by atoms with van der Waals surface area (Å²) in [7, 11) is 0. The smallest absolute Gasteiger partial charge is 0.142 e. The quantitative estimate of drug-likeness (QED) is 0.857. The van der Waals surface area contributed by atoms with Crippen LogP contribution in [0.2, 0.25) is 0 Å². The summed E-state index contributed by atoms with van der Waals surface area (Å²) in [6.45, 7) is 2.88. The topological polar surface area (TPSA) is 21.3 Å². The molecule has 1 aliphatic heterocycles. The Kier molecular flexibility index (Phi) is 4.16. The van der Waals surface area contributed by atoms with Crippen LogP contribution < -0.4 is 10.1 Å². The van der Waals surface area contributed by atoms with E-state index < -0.39 is 0 Å². The molecule has 20 heavy (non-hydrogen) atoms. The van der Waals surface area contributed by atoms with Gasteiger partial charge in [0.2, 0.25) is 0 Å². The van der Waals surface area contributed by atoms with Gasteiger partial charge in [0.1, 0.15) is 5.75 Å². The summed E-state index contributed by atoms with van der Waals surface area (Å²) in [5.74, 6) is 2.02. The monoisotopic (exact) mass is 285 g/mol. The van der Waals surface area contributed by atoms with Crippen LogP contribution in [0.5, 0.6) is 5.75 Å². The van der Waals surface area contributed by atoms with E-state index >= 15 is 0 Å². The Hall–Kier alpha value is -1.61. The highest BCUT2D eigenvalue weighted by Gasteiger charge is 2.23. The van der Waals surface area contributed by atoms with Crippen molar-refractivity contribution >= 4 is 17.4 Å². The van der Waals surface area contributed by atoms with Crippen molar-refractivity contribution in [2.75, 3.05) is 17.7 Å². The SMILES string of the molecule is CCCOc1ccccc1NC1CSc2ccccc21. The lowest BCUT2D eigenvalue weighted by Crippen LogP contribution is -2.11. The van der Waals surface area contributed by atoms with E-state index in [1.807, 2.05) is 23.9 Å². The van der Waals surface area contributed by atoms with E-state index in [0.29, 0.717) is 6.04 Å². The third kappa shape index (κ3) is 2.78. The van der Waals surface area contributed by atoms with Gasteiger partial charge in [-0.05, 0) is 30.2 Å². The number of rotatable bonds is 5. The second kappa shape index (κ2) is 6.23. The molecule has 0 fully saturated rings. The van der Waals surface area contributed by atoms with E-state index in [-0.39, 0.29) is 0 Å². The summed E-state index contributed by atoms with van der Waals surface area (Å²) < 4.78 is 5.82. The van der Waals surface area contributed by atoms with E-state index in [2.05, 4.69) is 48.6 Å². The van der Waals surface area contributed by atoms with Gasteiger partial charge in [-0.25, -0.2) is 0 Å². The molecule has 0 saturated carbocycles. The molecule has 0 bridgehead atoms. The molecule has 3 heteroatoms. The van der Waals surface area contributed by atoms with Gasteiger partial charge < -0.3 is 10.1 Å². The maximum absolute atomic E-state index is 5.82. The molecule has 0 amide bonds. The van der Waals surface area contributed by atoms with Crippen LogP contribution in [0.15, 0.2) is 53.4 Å². The van der Waals surface area contributed by atoms with Crippen molar-refractivity contribution in [1.82, 2.24) is 0 Å². The summed E-state index contributed by atoms with van der Waals surface area (Å²) in [5.41, 5.74) is 2.48. The maximum atomic E-state index is 5.82. The first-order valence-electron chi connectivity index (χ1n) is 7.08. The zero-order valence-electron chi connectivity index (χ0n) is 11.6. The molecule has 0 saturated heterocycles. The van der Waals surface area contributed by atoms with Crippen molar-refractivity contribution in [2.45, 2.75) is 24.3 Å². The second-order valence-electron chi connectivity index (χ2n) is 4.89. The van der Waals surface area contributed by atoms with Gasteiger partial charge in [-0.3, -0.25) is 0 Å². The third-order valence-corrected chi connectivity index (χ3v) is 4.56. The molecule has 2 nitrogen and oxygen atoms in total. The fourth-order valence-electron chi connectivity index (χ4n) is 2.39. The minimum Gasteiger partial charge on any atom is -0.491 e. The normalized spacial score (nSPS) is 16.8. The van der Waals surface area contributed by atoms with Crippen LogP contribution >= 0.6 is 11.8 Å². The Morgan fingerprint density at radius 3 is 2.85 bits per heavy atom. The highest BCUT2D eigenvalue weighted by molar-refractivity contribution is 7.99. The number of hydrogen-bond acceptors (Lipinski definition) is 3. The number of para-hydroxylation sites is 2. The predicted octanol–water partition coefficient (Wildman–Crippen LogP) is 4.73. The minimum absolute atomic E-state index is 0.363. The fourth-order valence-corrected chi connectivity index (χ4v) is 3.55. The second-order valence-corrected chi connectivity index (χ2v) is 5.95. The van der Waals surface area contributed by atoms with Crippen molar-refractivity contribution in [3.8, 4) is 5.75 Å². The summed E-state index contributed by atoms with van der Waals surface area (Å²) in [6.07, 6.45) is 1.02. The molecule has 2 aromatic rings. The number of anilines is 1. The molecule has 1 unspecified atom stereocenters. The van der Waals surface area contributed by atoms with E-state index in [1.165, 1.54) is 10.5 Å². The van der Waals surface area contributed by atoms with E-state index in [4.69, 9.17) is 4.74 Å². The van der Waals surface area contributed by atoms with E-state index in [9.17, 15) is 0 Å². The molecule has 0 radical (unpaired) electrons. The van der Waals surface area contributed by atoms with Crippen LogP contribution in [0.4, 0.5) is 5.69 Å². The number of benzene rings is 2. The Balaban J connectivity index is 1.79. The number of nitrogens with one attached hydrogen (secondary N) is 1. The third-order valence-electron chi connectivity index (χ3n) is 3.38. The summed E-state index contributed by atoms with van der Waals surface area (Å²) in [5, 5.41) is 3.63. The molecular formula is C17H19NOS. The first-order chi connectivity index (χ1) is 9.88. The summed E-state index contributed by atoms with van der Waals surface area (Å²) in [4.78, 5) is 1.39. The number of thioether (sulfide) groups is 1. The van der Waals surface area contributed by atoms with Crippen LogP contribution in [-0.2, 0) is 0 Å². The molecule has 3 rings (SSSR count). The van der Waals surface area contributed by atoms with E-state index in [1.54, 1.807) is 0 Å². The lowest BCUT2D eigenvalue weighted by molar-refractivity contribution is 0.318. The van der Waals surface area contributed by atoms with Crippen LogP contribution in [0.3, 0.4) is 0 Å². The Bertz CT molecular complexity index is 585. The maximum Gasteiger partial charge on any atom is 0.142 e. The average Bonchev–Trinajstić information content (AvgIpc) is 2.90. The number of hydrogen-bond donors (Lipinski definition) is 1. The zero-order valence-corrected chi connectivity index (χ0v) is 12.5. The van der Waals surface area contributed by atoms with Gasteiger partial charge in [0, 0.05) is 10.6 Å². The lowest BCUT2D eigenvalue weighted by Gasteiger charge is -2.18. The Labute approximate surface area is 124 Å². The van der Waals surface area contributed by atoms with Gasteiger partial charge in [-0.1, -0.05) is 37.3 Å². The number of fused-ring (bicyclic) bond motifs is 1. The molecular weight excluding hydrogens is 266 g/mol. The van der Waals surface area contributed by atoms with Gasteiger partial charge in [0.15, 0.2) is 0 Å².